The van der Waals surface area contributed by atoms with E-state index in [0.29, 0.717) is 11.3 Å². The zero-order chi connectivity index (χ0) is 18.5. The maximum absolute atomic E-state index is 11.5. The lowest BCUT2D eigenvalue weighted by atomic mass is 10.1. The van der Waals surface area contributed by atoms with Gasteiger partial charge in [0.25, 0.3) is 5.69 Å². The predicted molar refractivity (Wildman–Crippen MR) is 104 cm³/mol. The average molecular weight is 354 g/mol. The highest BCUT2D eigenvalue weighted by Gasteiger charge is 2.24. The first-order valence-electron chi connectivity index (χ1n) is 8.74. The van der Waals surface area contributed by atoms with E-state index in [1.165, 1.54) is 4.90 Å². The van der Waals surface area contributed by atoms with Gasteiger partial charge in [0.15, 0.2) is 0 Å². The third kappa shape index (κ3) is 4.18. The van der Waals surface area contributed by atoms with Gasteiger partial charge in [-0.05, 0) is 24.6 Å². The number of piperazine rings is 1. The normalized spacial score (nSPS) is 15.4. The quantitative estimate of drug-likeness (QED) is 0.487. The van der Waals surface area contributed by atoms with Crippen molar-refractivity contribution in [1.29, 1.82) is 0 Å². The van der Waals surface area contributed by atoms with Gasteiger partial charge in [-0.2, -0.15) is 5.10 Å². The summed E-state index contributed by atoms with van der Waals surface area (Å²) >= 11 is 0. The van der Waals surface area contributed by atoms with Crippen molar-refractivity contribution in [2.24, 2.45) is 5.10 Å². The van der Waals surface area contributed by atoms with Crippen molar-refractivity contribution >= 4 is 23.3 Å². The number of para-hydroxylation sites is 1. The van der Waals surface area contributed by atoms with Crippen molar-refractivity contribution in [3.63, 3.8) is 0 Å². The summed E-state index contributed by atoms with van der Waals surface area (Å²) < 4.78 is 0. The van der Waals surface area contributed by atoms with E-state index in [-0.39, 0.29) is 10.6 Å². The van der Waals surface area contributed by atoms with Crippen molar-refractivity contribution in [3.05, 3.63) is 63.7 Å². The molecule has 7 heteroatoms. The van der Waals surface area contributed by atoms with Crippen LogP contribution in [0.3, 0.4) is 0 Å². The highest BCUT2D eigenvalue weighted by molar-refractivity contribution is 5.83. The van der Waals surface area contributed by atoms with Crippen molar-refractivity contribution in [1.82, 2.24) is 0 Å². The summed E-state index contributed by atoms with van der Waals surface area (Å²) in [4.78, 5) is 14.8. The van der Waals surface area contributed by atoms with Gasteiger partial charge in [-0.15, -0.1) is 0 Å². The van der Waals surface area contributed by atoms with Crippen molar-refractivity contribution in [2.45, 2.75) is 6.92 Å². The Hall–Kier alpha value is -2.93. The second kappa shape index (κ2) is 7.97. The number of rotatable bonds is 5. The highest BCUT2D eigenvalue weighted by atomic mass is 16.6. The van der Waals surface area contributed by atoms with Gasteiger partial charge in [-0.1, -0.05) is 24.3 Å². The summed E-state index contributed by atoms with van der Waals surface area (Å²) in [7, 11) is 2.15. The molecule has 0 atom stereocenters. The fraction of sp³-hybridized carbons (Fsp3) is 0.316. The SMILES string of the molecule is Cc1ccccc1N/N=C\c1ccc(N2CC[NH+](C)CC2)c([N+](=O)[O-])c1. The Kier molecular flexibility index (Phi) is 5.48. The number of anilines is 2. The molecule has 0 bridgehead atoms. The van der Waals surface area contributed by atoms with Crippen LogP contribution in [0.4, 0.5) is 17.1 Å². The number of quaternary nitrogens is 1. The third-order valence-electron chi connectivity index (χ3n) is 4.70. The van der Waals surface area contributed by atoms with Crippen LogP contribution in [0, 0.1) is 17.0 Å². The first kappa shape index (κ1) is 17.9. The number of aryl methyl sites for hydroxylation is 1. The van der Waals surface area contributed by atoms with Gasteiger partial charge in [0.05, 0.1) is 50.1 Å². The van der Waals surface area contributed by atoms with Crippen LogP contribution in [-0.4, -0.2) is 44.4 Å². The Bertz CT molecular complexity index is 813. The predicted octanol–water partition coefficient (Wildman–Crippen LogP) is 1.68. The average Bonchev–Trinajstić information content (AvgIpc) is 2.64. The molecule has 0 spiro atoms. The molecule has 1 fully saturated rings. The van der Waals surface area contributed by atoms with E-state index in [2.05, 4.69) is 22.5 Å². The Balaban J connectivity index is 1.77. The van der Waals surface area contributed by atoms with E-state index in [1.54, 1.807) is 12.3 Å². The van der Waals surface area contributed by atoms with Crippen LogP contribution in [0.1, 0.15) is 11.1 Å². The highest BCUT2D eigenvalue weighted by Crippen LogP contribution is 2.29. The molecule has 0 unspecified atom stereocenters. The van der Waals surface area contributed by atoms with Crippen LogP contribution in [0.15, 0.2) is 47.6 Å². The number of likely N-dealkylation sites (N-methyl/N-ethyl adjacent to an activating group) is 1. The molecule has 1 aliphatic rings. The lowest BCUT2D eigenvalue weighted by Crippen LogP contribution is -3.12. The molecule has 1 saturated heterocycles. The number of benzene rings is 2. The van der Waals surface area contributed by atoms with Gasteiger partial charge in [0.2, 0.25) is 0 Å². The second-order valence-corrected chi connectivity index (χ2v) is 6.63. The largest absolute Gasteiger partial charge is 0.355 e. The molecule has 0 radical (unpaired) electrons. The monoisotopic (exact) mass is 354 g/mol. The smallest absolute Gasteiger partial charge is 0.293 e. The molecule has 0 saturated carbocycles. The van der Waals surface area contributed by atoms with Crippen LogP contribution in [0.5, 0.6) is 0 Å². The van der Waals surface area contributed by atoms with Crippen molar-refractivity contribution in [2.75, 3.05) is 43.6 Å². The Morgan fingerprint density at radius 3 is 2.65 bits per heavy atom. The molecular weight excluding hydrogens is 330 g/mol. The Morgan fingerprint density at radius 2 is 1.96 bits per heavy atom. The zero-order valence-corrected chi connectivity index (χ0v) is 15.1. The number of nitrogens with one attached hydrogen (secondary N) is 2. The van der Waals surface area contributed by atoms with E-state index in [1.807, 2.05) is 43.3 Å². The first-order valence-corrected chi connectivity index (χ1v) is 8.74. The van der Waals surface area contributed by atoms with E-state index < -0.39 is 0 Å². The Morgan fingerprint density at radius 1 is 1.23 bits per heavy atom. The van der Waals surface area contributed by atoms with E-state index >= 15 is 0 Å². The van der Waals surface area contributed by atoms with Gasteiger partial charge in [-0.25, -0.2) is 0 Å². The molecule has 26 heavy (non-hydrogen) atoms. The standard InChI is InChI=1S/C19H23N5O2/c1-15-5-3-4-6-17(15)21-20-14-16-7-8-18(19(13-16)24(25)26)23-11-9-22(2)10-12-23/h3-8,13-14,21H,9-12H2,1-2H3/p+1/b20-14-. The molecule has 136 valence electrons. The molecule has 0 amide bonds. The summed E-state index contributed by atoms with van der Waals surface area (Å²) in [5.74, 6) is 0. The molecule has 1 aliphatic heterocycles. The van der Waals surface area contributed by atoms with Gasteiger partial charge in [0, 0.05) is 11.6 Å². The molecule has 1 heterocycles. The topological polar surface area (TPSA) is 75.2 Å². The lowest BCUT2D eigenvalue weighted by molar-refractivity contribution is -0.880. The molecule has 2 aromatic carbocycles. The van der Waals surface area contributed by atoms with Crippen LogP contribution in [-0.2, 0) is 0 Å². The minimum absolute atomic E-state index is 0.129. The van der Waals surface area contributed by atoms with E-state index in [9.17, 15) is 10.1 Å². The summed E-state index contributed by atoms with van der Waals surface area (Å²) in [5, 5.41) is 15.7. The maximum Gasteiger partial charge on any atom is 0.293 e. The number of nitrogens with zero attached hydrogens (tertiary/aromatic N) is 3. The van der Waals surface area contributed by atoms with Crippen molar-refractivity contribution in [3.8, 4) is 0 Å². The van der Waals surface area contributed by atoms with Gasteiger partial charge in [-0.3, -0.25) is 15.5 Å². The minimum Gasteiger partial charge on any atom is -0.355 e. The van der Waals surface area contributed by atoms with Gasteiger partial charge in [0.1, 0.15) is 5.69 Å². The second-order valence-electron chi connectivity index (χ2n) is 6.63. The Labute approximate surface area is 153 Å². The van der Waals surface area contributed by atoms with Gasteiger partial charge < -0.3 is 9.80 Å². The number of nitro groups is 1. The third-order valence-corrected chi connectivity index (χ3v) is 4.70. The van der Waals surface area contributed by atoms with Crippen LogP contribution in [0.2, 0.25) is 0 Å². The zero-order valence-electron chi connectivity index (χ0n) is 15.1. The number of hydrogen-bond donors (Lipinski definition) is 2. The fourth-order valence-electron chi connectivity index (χ4n) is 3.04. The molecule has 2 aromatic rings. The van der Waals surface area contributed by atoms with Crippen molar-refractivity contribution < 1.29 is 9.82 Å². The lowest BCUT2D eigenvalue weighted by Gasteiger charge is -2.31. The van der Waals surface area contributed by atoms with Crippen LogP contribution in [0.25, 0.3) is 0 Å². The summed E-state index contributed by atoms with van der Waals surface area (Å²) in [6.45, 7) is 5.63. The fourth-order valence-corrected chi connectivity index (χ4v) is 3.04. The minimum atomic E-state index is -0.313. The first-order chi connectivity index (χ1) is 12.5. The number of hydrogen-bond acceptors (Lipinski definition) is 5. The molecule has 3 rings (SSSR count). The van der Waals surface area contributed by atoms with Crippen LogP contribution < -0.4 is 15.2 Å². The number of nitro benzene ring substituents is 1. The van der Waals surface area contributed by atoms with Gasteiger partial charge >= 0.3 is 0 Å². The molecule has 7 nitrogen and oxygen atoms in total. The molecule has 0 aromatic heterocycles. The summed E-state index contributed by atoms with van der Waals surface area (Å²) in [6, 6.07) is 13.1. The summed E-state index contributed by atoms with van der Waals surface area (Å²) in [5.41, 5.74) is 6.49. The molecule has 0 aliphatic carbocycles. The summed E-state index contributed by atoms with van der Waals surface area (Å²) in [6.07, 6.45) is 1.61. The van der Waals surface area contributed by atoms with Crippen LogP contribution >= 0.6 is 0 Å². The van der Waals surface area contributed by atoms with E-state index in [4.69, 9.17) is 0 Å². The molecular formula is C19H24N5O2+. The number of hydrazone groups is 1. The van der Waals surface area contributed by atoms with E-state index in [0.717, 1.165) is 37.4 Å². The molecule has 2 N–H and O–H groups in total. The maximum atomic E-state index is 11.5.